The molecule has 1 fully saturated rings. The molecule has 0 spiro atoms. The number of hydrogen-bond donors (Lipinski definition) is 0. The fourth-order valence-corrected chi connectivity index (χ4v) is 4.67. The van der Waals surface area contributed by atoms with Crippen molar-refractivity contribution in [3.63, 3.8) is 0 Å². The Bertz CT molecular complexity index is 1330. The minimum Gasteiger partial charge on any atom is -0.495 e. The van der Waals surface area contributed by atoms with Crippen LogP contribution >= 0.6 is 0 Å². The third-order valence-corrected chi connectivity index (χ3v) is 6.33. The van der Waals surface area contributed by atoms with E-state index in [4.69, 9.17) is 4.74 Å². The summed E-state index contributed by atoms with van der Waals surface area (Å²) in [5, 5.41) is 2.47. The number of methoxy groups -OCH3 is 1. The molecule has 1 aliphatic carbocycles. The van der Waals surface area contributed by atoms with Crippen LogP contribution in [0.5, 0.6) is 5.75 Å². The van der Waals surface area contributed by atoms with Crippen molar-refractivity contribution in [3.8, 4) is 11.4 Å². The maximum absolute atomic E-state index is 13.2. The molecule has 0 N–H and O–H groups in total. The van der Waals surface area contributed by atoms with Crippen molar-refractivity contribution in [2.24, 2.45) is 5.92 Å². The van der Waals surface area contributed by atoms with Crippen molar-refractivity contribution in [2.45, 2.75) is 26.2 Å². The summed E-state index contributed by atoms with van der Waals surface area (Å²) >= 11 is 0. The fourth-order valence-electron chi connectivity index (χ4n) is 4.67. The van der Waals surface area contributed by atoms with Gasteiger partial charge in [-0.2, -0.15) is 0 Å². The number of carbonyl (C=O) groups is 1. The molecule has 32 heavy (non-hydrogen) atoms. The number of ether oxygens (including phenoxy) is 1. The number of aromatic nitrogens is 2. The molecule has 1 unspecified atom stereocenters. The molecule has 4 nitrogen and oxygen atoms in total. The largest absolute Gasteiger partial charge is 0.495 e. The van der Waals surface area contributed by atoms with E-state index in [-0.39, 0.29) is 11.7 Å². The van der Waals surface area contributed by atoms with Crippen LogP contribution in [0.15, 0.2) is 78.8 Å². The van der Waals surface area contributed by atoms with Crippen LogP contribution in [0.2, 0.25) is 0 Å². The van der Waals surface area contributed by atoms with Crippen LogP contribution in [0, 0.1) is 12.8 Å². The van der Waals surface area contributed by atoms with Crippen molar-refractivity contribution >= 4 is 22.6 Å². The molecule has 0 amide bonds. The zero-order chi connectivity index (χ0) is 22.1. The first-order valence-electron chi connectivity index (χ1n) is 11.0. The minimum absolute atomic E-state index is 0.0437. The number of benzene rings is 3. The quantitative estimate of drug-likeness (QED) is 0.374. The van der Waals surface area contributed by atoms with Gasteiger partial charge in [0.05, 0.1) is 24.8 Å². The molecule has 1 atom stereocenters. The Labute approximate surface area is 188 Å². The van der Waals surface area contributed by atoms with Crippen molar-refractivity contribution in [3.05, 3.63) is 95.6 Å². The molecule has 160 valence electrons. The van der Waals surface area contributed by atoms with Crippen LogP contribution < -0.4 is 4.74 Å². The Balaban J connectivity index is 1.38. The Kier molecular flexibility index (Phi) is 5.36. The maximum Gasteiger partial charge on any atom is 0.162 e. The summed E-state index contributed by atoms with van der Waals surface area (Å²) in [5.41, 5.74) is 5.03. The number of hydrogen-bond acceptors (Lipinski definition) is 3. The van der Waals surface area contributed by atoms with Gasteiger partial charge in [0.15, 0.2) is 5.78 Å². The number of imidazole rings is 1. The van der Waals surface area contributed by atoms with Crippen molar-refractivity contribution in [2.75, 3.05) is 7.11 Å². The molecule has 0 bridgehead atoms. The monoisotopic (exact) mass is 422 g/mol. The predicted molar refractivity (Wildman–Crippen MR) is 128 cm³/mol. The Morgan fingerprint density at radius 3 is 2.78 bits per heavy atom. The molecule has 4 aromatic rings. The lowest BCUT2D eigenvalue weighted by Crippen LogP contribution is -2.11. The molecular weight excluding hydrogens is 396 g/mol. The van der Waals surface area contributed by atoms with Crippen LogP contribution in [-0.4, -0.2) is 22.4 Å². The van der Waals surface area contributed by atoms with Gasteiger partial charge in [-0.3, -0.25) is 4.79 Å². The molecule has 0 radical (unpaired) electrons. The fraction of sp³-hybridized carbons (Fsp3) is 0.214. The number of carbonyl (C=O) groups excluding carboxylic acids is 1. The van der Waals surface area contributed by atoms with Crippen molar-refractivity contribution < 1.29 is 9.53 Å². The van der Waals surface area contributed by atoms with Crippen LogP contribution in [0.4, 0.5) is 0 Å². The third kappa shape index (κ3) is 3.84. The van der Waals surface area contributed by atoms with Crippen LogP contribution in [0.3, 0.4) is 0 Å². The average Bonchev–Trinajstić information content (AvgIpc) is 3.40. The molecule has 0 aliphatic heterocycles. The summed E-state index contributed by atoms with van der Waals surface area (Å²) in [7, 11) is 1.67. The van der Waals surface area contributed by atoms with Crippen molar-refractivity contribution in [1.82, 2.24) is 9.55 Å². The van der Waals surface area contributed by atoms with Crippen LogP contribution in [0.25, 0.3) is 22.5 Å². The lowest BCUT2D eigenvalue weighted by molar-refractivity contribution is -0.117. The highest BCUT2D eigenvalue weighted by molar-refractivity contribution is 6.03. The highest BCUT2D eigenvalue weighted by Crippen LogP contribution is 2.34. The smallest absolute Gasteiger partial charge is 0.162 e. The van der Waals surface area contributed by atoms with Gasteiger partial charge in [0.2, 0.25) is 0 Å². The second kappa shape index (κ2) is 8.46. The van der Waals surface area contributed by atoms with E-state index in [9.17, 15) is 4.79 Å². The molecule has 1 heterocycles. The molecule has 1 saturated carbocycles. The van der Waals surface area contributed by atoms with Crippen LogP contribution in [0.1, 0.15) is 29.7 Å². The third-order valence-electron chi connectivity index (χ3n) is 6.33. The van der Waals surface area contributed by atoms with E-state index in [0.717, 1.165) is 47.5 Å². The number of Topliss-reactive ketones (excluding diaryl/α,β-unsaturated/α-hetero) is 1. The van der Waals surface area contributed by atoms with Gasteiger partial charge in [0.1, 0.15) is 5.75 Å². The standard InChI is InChI=1S/C28H26N2O2/c1-19-17-30(18-29-19)26-13-10-20(15-27(26)32-2)14-23-11-12-24(28(23)31)16-22-8-5-7-21-6-3-4-9-25(21)22/h3-10,13-15,17-18,24H,11-12,16H2,1-2H3. The molecule has 4 heteroatoms. The Morgan fingerprint density at radius 1 is 1.12 bits per heavy atom. The van der Waals surface area contributed by atoms with Gasteiger partial charge in [-0.1, -0.05) is 48.5 Å². The van der Waals surface area contributed by atoms with Gasteiger partial charge in [0, 0.05) is 12.1 Å². The van der Waals surface area contributed by atoms with E-state index in [1.165, 1.54) is 16.3 Å². The van der Waals surface area contributed by atoms with Gasteiger partial charge < -0.3 is 9.30 Å². The minimum atomic E-state index is 0.0437. The topological polar surface area (TPSA) is 44.1 Å². The maximum atomic E-state index is 13.2. The predicted octanol–water partition coefficient (Wildman–Crippen LogP) is 5.95. The zero-order valence-corrected chi connectivity index (χ0v) is 18.4. The number of nitrogens with zero attached hydrogens (tertiary/aromatic N) is 2. The SMILES string of the molecule is COc1cc(C=C2CCC(Cc3cccc4ccccc34)C2=O)ccc1-n1cnc(C)c1. The van der Waals surface area contributed by atoms with E-state index >= 15 is 0 Å². The number of aryl methyl sites for hydroxylation is 1. The molecular formula is C28H26N2O2. The van der Waals surface area contributed by atoms with E-state index in [1.807, 2.05) is 42.0 Å². The highest BCUT2D eigenvalue weighted by atomic mass is 16.5. The second-order valence-corrected chi connectivity index (χ2v) is 8.47. The summed E-state index contributed by atoms with van der Waals surface area (Å²) in [6, 6.07) is 20.8. The number of rotatable bonds is 5. The van der Waals surface area contributed by atoms with Gasteiger partial charge in [-0.15, -0.1) is 0 Å². The molecule has 5 rings (SSSR count). The highest BCUT2D eigenvalue weighted by Gasteiger charge is 2.29. The average molecular weight is 423 g/mol. The van der Waals surface area contributed by atoms with Crippen LogP contribution in [-0.2, 0) is 11.2 Å². The summed E-state index contributed by atoms with van der Waals surface area (Å²) in [5.74, 6) is 1.07. The molecule has 1 aromatic heterocycles. The number of fused-ring (bicyclic) bond motifs is 1. The second-order valence-electron chi connectivity index (χ2n) is 8.47. The first kappa shape index (κ1) is 20.3. The van der Waals surface area contributed by atoms with Gasteiger partial charge in [-0.05, 0) is 71.9 Å². The van der Waals surface area contributed by atoms with Gasteiger partial charge >= 0.3 is 0 Å². The van der Waals surface area contributed by atoms with E-state index in [0.29, 0.717) is 0 Å². The molecule has 1 aliphatic rings. The Hall–Kier alpha value is -3.66. The first-order valence-corrected chi connectivity index (χ1v) is 11.0. The summed E-state index contributed by atoms with van der Waals surface area (Å²) in [4.78, 5) is 17.5. The van der Waals surface area contributed by atoms with Gasteiger partial charge in [0.25, 0.3) is 0 Å². The first-order chi connectivity index (χ1) is 15.6. The summed E-state index contributed by atoms with van der Waals surface area (Å²) in [6.45, 7) is 1.96. The summed E-state index contributed by atoms with van der Waals surface area (Å²) < 4.78 is 7.57. The zero-order valence-electron chi connectivity index (χ0n) is 18.4. The van der Waals surface area contributed by atoms with Gasteiger partial charge in [-0.25, -0.2) is 4.98 Å². The Morgan fingerprint density at radius 2 is 1.97 bits per heavy atom. The molecule has 0 saturated heterocycles. The van der Waals surface area contributed by atoms with E-state index in [1.54, 1.807) is 13.4 Å². The van der Waals surface area contributed by atoms with E-state index in [2.05, 4.69) is 47.4 Å². The van der Waals surface area contributed by atoms with E-state index < -0.39 is 0 Å². The molecule has 3 aromatic carbocycles. The number of allylic oxidation sites excluding steroid dienone is 1. The summed E-state index contributed by atoms with van der Waals surface area (Å²) in [6.07, 6.45) is 8.28. The van der Waals surface area contributed by atoms with Crippen molar-refractivity contribution in [1.29, 1.82) is 0 Å². The number of ketones is 1. The lowest BCUT2D eigenvalue weighted by Gasteiger charge is -2.11. The lowest BCUT2D eigenvalue weighted by atomic mass is 9.93. The normalized spacial score (nSPS) is 17.4.